The number of allylic oxidation sites excluding steroid dienone is 2. The summed E-state index contributed by atoms with van der Waals surface area (Å²) in [7, 11) is 0. The van der Waals surface area contributed by atoms with E-state index in [-0.39, 0.29) is 11.9 Å². The van der Waals surface area contributed by atoms with Crippen LogP contribution in [-0.2, 0) is 4.79 Å². The predicted octanol–water partition coefficient (Wildman–Crippen LogP) is 1.33. The fraction of sp³-hybridized carbons (Fsp3) is 0.786. The largest absolute Gasteiger partial charge is 0.326 e. The summed E-state index contributed by atoms with van der Waals surface area (Å²) < 4.78 is 0. The Balaban J connectivity index is 1.91. The van der Waals surface area contributed by atoms with Crippen LogP contribution in [0.3, 0.4) is 0 Å². The number of rotatable bonds is 4. The molecule has 0 bridgehead atoms. The van der Waals surface area contributed by atoms with E-state index >= 15 is 0 Å². The van der Waals surface area contributed by atoms with Crippen LogP contribution in [0.4, 0.5) is 0 Å². The summed E-state index contributed by atoms with van der Waals surface area (Å²) in [6.45, 7) is 5.19. The molecule has 1 saturated heterocycles. The van der Waals surface area contributed by atoms with Crippen molar-refractivity contribution < 1.29 is 4.79 Å². The molecule has 0 radical (unpaired) electrons. The second kappa shape index (κ2) is 6.34. The minimum atomic E-state index is 0.236. The van der Waals surface area contributed by atoms with Crippen molar-refractivity contribution in [3.63, 3.8) is 0 Å². The normalized spacial score (nSPS) is 25.0. The van der Waals surface area contributed by atoms with Crippen molar-refractivity contribution in [2.45, 2.75) is 45.1 Å². The molecule has 0 aromatic carbocycles. The first-order valence-electron chi connectivity index (χ1n) is 7.18. The third kappa shape index (κ3) is 3.33. The summed E-state index contributed by atoms with van der Waals surface area (Å²) in [4.78, 5) is 16.5. The molecule has 102 valence electrons. The molecule has 4 heteroatoms. The Bertz CT molecular complexity index is 327. The van der Waals surface area contributed by atoms with Gasteiger partial charge in [-0.1, -0.05) is 6.08 Å². The van der Waals surface area contributed by atoms with Crippen molar-refractivity contribution in [3.8, 4) is 0 Å². The van der Waals surface area contributed by atoms with Gasteiger partial charge in [-0.3, -0.25) is 9.69 Å². The van der Waals surface area contributed by atoms with Gasteiger partial charge in [-0.05, 0) is 39.0 Å². The lowest BCUT2D eigenvalue weighted by Gasteiger charge is -2.28. The van der Waals surface area contributed by atoms with Gasteiger partial charge in [-0.25, -0.2) is 0 Å². The molecule has 4 nitrogen and oxygen atoms in total. The van der Waals surface area contributed by atoms with E-state index in [1.54, 1.807) is 0 Å². The van der Waals surface area contributed by atoms with Crippen molar-refractivity contribution >= 4 is 5.91 Å². The number of amides is 1. The molecule has 0 unspecified atom stereocenters. The van der Waals surface area contributed by atoms with Gasteiger partial charge in [0.25, 0.3) is 0 Å². The minimum absolute atomic E-state index is 0.236. The van der Waals surface area contributed by atoms with Gasteiger partial charge in [-0.15, -0.1) is 0 Å². The standard InChI is InChI=1S/C14H25N3O/c1-2-17(13-6-4-3-5-7-13)14(18)11-16-9-8-12(15)10-16/h6,12H,2-5,7-11,15H2,1H3/t12-/m1/s1. The molecule has 2 aliphatic rings. The summed E-state index contributed by atoms with van der Waals surface area (Å²) in [5.41, 5.74) is 7.11. The van der Waals surface area contributed by atoms with Crippen LogP contribution in [0.5, 0.6) is 0 Å². The fourth-order valence-corrected chi connectivity index (χ4v) is 2.89. The number of hydrogen-bond acceptors (Lipinski definition) is 3. The van der Waals surface area contributed by atoms with Gasteiger partial charge in [0.1, 0.15) is 0 Å². The average Bonchev–Trinajstić information content (AvgIpc) is 2.77. The summed E-state index contributed by atoms with van der Waals surface area (Å²) in [6, 6.07) is 0.252. The molecule has 2 N–H and O–H groups in total. The van der Waals surface area contributed by atoms with Gasteiger partial charge < -0.3 is 10.6 Å². The lowest BCUT2D eigenvalue weighted by atomic mass is 10.0. The van der Waals surface area contributed by atoms with Gasteiger partial charge in [0.2, 0.25) is 5.91 Å². The van der Waals surface area contributed by atoms with Crippen molar-refractivity contribution in [3.05, 3.63) is 11.8 Å². The first-order valence-corrected chi connectivity index (χ1v) is 7.18. The highest BCUT2D eigenvalue weighted by atomic mass is 16.2. The van der Waals surface area contributed by atoms with E-state index in [2.05, 4.69) is 17.9 Å². The molecule has 2 rings (SSSR count). The summed E-state index contributed by atoms with van der Waals surface area (Å²) >= 11 is 0. The maximum Gasteiger partial charge on any atom is 0.240 e. The number of likely N-dealkylation sites (tertiary alicyclic amines) is 1. The van der Waals surface area contributed by atoms with Crippen LogP contribution in [0.25, 0.3) is 0 Å². The Kier molecular flexibility index (Phi) is 4.78. The van der Waals surface area contributed by atoms with Crippen molar-refractivity contribution in [2.24, 2.45) is 5.73 Å². The van der Waals surface area contributed by atoms with Crippen LogP contribution < -0.4 is 5.73 Å². The molecular formula is C14H25N3O. The first kappa shape index (κ1) is 13.6. The van der Waals surface area contributed by atoms with Crippen LogP contribution >= 0.6 is 0 Å². The fourth-order valence-electron chi connectivity index (χ4n) is 2.89. The number of nitrogens with two attached hydrogens (primary N) is 1. The van der Waals surface area contributed by atoms with E-state index in [4.69, 9.17) is 5.73 Å². The molecule has 1 heterocycles. The van der Waals surface area contributed by atoms with Crippen molar-refractivity contribution in [1.82, 2.24) is 9.80 Å². The first-order chi connectivity index (χ1) is 8.70. The minimum Gasteiger partial charge on any atom is -0.326 e. The molecular weight excluding hydrogens is 226 g/mol. The monoisotopic (exact) mass is 251 g/mol. The molecule has 0 aromatic rings. The van der Waals surface area contributed by atoms with Crippen LogP contribution in [0.2, 0.25) is 0 Å². The van der Waals surface area contributed by atoms with Crippen LogP contribution in [-0.4, -0.2) is 47.9 Å². The number of hydrogen-bond donors (Lipinski definition) is 1. The molecule has 1 aliphatic heterocycles. The topological polar surface area (TPSA) is 49.6 Å². The Morgan fingerprint density at radius 1 is 1.56 bits per heavy atom. The molecule has 1 aliphatic carbocycles. The highest BCUT2D eigenvalue weighted by Gasteiger charge is 2.24. The van der Waals surface area contributed by atoms with Gasteiger partial charge in [0.05, 0.1) is 6.54 Å². The number of carbonyl (C=O) groups is 1. The van der Waals surface area contributed by atoms with E-state index in [0.717, 1.165) is 38.9 Å². The number of nitrogens with zero attached hydrogens (tertiary/aromatic N) is 2. The van der Waals surface area contributed by atoms with E-state index in [0.29, 0.717) is 6.54 Å². The quantitative estimate of drug-likeness (QED) is 0.820. The summed E-state index contributed by atoms with van der Waals surface area (Å²) in [5, 5.41) is 0. The maximum atomic E-state index is 12.3. The number of likely N-dealkylation sites (N-methyl/N-ethyl adjacent to an activating group) is 1. The van der Waals surface area contributed by atoms with Crippen LogP contribution in [0.15, 0.2) is 11.8 Å². The highest BCUT2D eigenvalue weighted by Crippen LogP contribution is 2.21. The van der Waals surface area contributed by atoms with E-state index in [9.17, 15) is 4.79 Å². The average molecular weight is 251 g/mol. The van der Waals surface area contributed by atoms with Gasteiger partial charge in [-0.2, -0.15) is 0 Å². The summed E-state index contributed by atoms with van der Waals surface area (Å²) in [6.07, 6.45) is 7.90. The molecule has 0 aromatic heterocycles. The molecule has 18 heavy (non-hydrogen) atoms. The van der Waals surface area contributed by atoms with Crippen molar-refractivity contribution in [2.75, 3.05) is 26.2 Å². The Hall–Kier alpha value is -0.870. The van der Waals surface area contributed by atoms with E-state index < -0.39 is 0 Å². The van der Waals surface area contributed by atoms with Crippen molar-refractivity contribution in [1.29, 1.82) is 0 Å². The lowest BCUT2D eigenvalue weighted by Crippen LogP contribution is -2.40. The van der Waals surface area contributed by atoms with E-state index in [1.807, 2.05) is 4.90 Å². The predicted molar refractivity (Wildman–Crippen MR) is 73.0 cm³/mol. The Labute approximate surface area is 110 Å². The zero-order chi connectivity index (χ0) is 13.0. The molecule has 1 fully saturated rings. The maximum absolute atomic E-state index is 12.3. The van der Waals surface area contributed by atoms with Crippen LogP contribution in [0.1, 0.15) is 39.0 Å². The van der Waals surface area contributed by atoms with E-state index in [1.165, 1.54) is 18.5 Å². The highest BCUT2D eigenvalue weighted by molar-refractivity contribution is 5.80. The molecule has 0 saturated carbocycles. The zero-order valence-electron chi connectivity index (χ0n) is 11.4. The molecule has 1 atom stereocenters. The Morgan fingerprint density at radius 2 is 2.39 bits per heavy atom. The summed E-state index contributed by atoms with van der Waals surface area (Å²) in [5.74, 6) is 0.236. The SMILES string of the molecule is CCN(C(=O)CN1CC[C@@H](N)C1)C1=CCCCC1. The third-order valence-electron chi connectivity index (χ3n) is 3.90. The second-order valence-corrected chi connectivity index (χ2v) is 5.36. The van der Waals surface area contributed by atoms with Gasteiger partial charge >= 0.3 is 0 Å². The Morgan fingerprint density at radius 3 is 2.94 bits per heavy atom. The molecule has 0 spiro atoms. The van der Waals surface area contributed by atoms with Gasteiger partial charge in [0, 0.05) is 31.4 Å². The third-order valence-corrected chi connectivity index (χ3v) is 3.90. The molecule has 1 amide bonds. The lowest BCUT2D eigenvalue weighted by molar-refractivity contribution is -0.130. The second-order valence-electron chi connectivity index (χ2n) is 5.36. The smallest absolute Gasteiger partial charge is 0.240 e. The van der Waals surface area contributed by atoms with Crippen LogP contribution in [0, 0.1) is 0 Å². The van der Waals surface area contributed by atoms with Gasteiger partial charge in [0.15, 0.2) is 0 Å². The number of carbonyl (C=O) groups excluding carboxylic acids is 1. The zero-order valence-corrected chi connectivity index (χ0v) is 11.4.